The van der Waals surface area contributed by atoms with E-state index in [2.05, 4.69) is 30.9 Å². The zero-order chi connectivity index (χ0) is 16.2. The van der Waals surface area contributed by atoms with E-state index in [0.717, 1.165) is 46.8 Å². The van der Waals surface area contributed by atoms with Crippen LogP contribution < -0.4 is 0 Å². The van der Waals surface area contributed by atoms with Crippen molar-refractivity contribution in [2.45, 2.75) is 36.4 Å². The first kappa shape index (κ1) is 15.7. The Morgan fingerprint density at radius 3 is 3.21 bits per heavy atom. The number of nitrogens with zero attached hydrogens (tertiary/aromatic N) is 6. The van der Waals surface area contributed by atoms with Gasteiger partial charge in [0.2, 0.25) is 5.16 Å². The van der Waals surface area contributed by atoms with Gasteiger partial charge in [-0.2, -0.15) is 0 Å². The van der Waals surface area contributed by atoms with Crippen LogP contribution in [0.15, 0.2) is 34.9 Å². The topological polar surface area (TPSA) is 78.6 Å². The monoisotopic (exact) mass is 360 g/mol. The van der Waals surface area contributed by atoms with Gasteiger partial charge in [-0.15, -0.1) is 16.4 Å². The molecule has 0 aliphatic carbocycles. The predicted octanol–water partition coefficient (Wildman–Crippen LogP) is 2.66. The van der Waals surface area contributed by atoms with E-state index < -0.39 is 0 Å². The van der Waals surface area contributed by atoms with Crippen molar-refractivity contribution in [1.82, 2.24) is 30.2 Å². The average Bonchev–Trinajstić information content (AvgIpc) is 3.37. The minimum absolute atomic E-state index is 0.225. The van der Waals surface area contributed by atoms with E-state index in [0.29, 0.717) is 6.54 Å². The quantitative estimate of drug-likeness (QED) is 0.625. The third-order valence-corrected chi connectivity index (χ3v) is 5.59. The zero-order valence-electron chi connectivity index (χ0n) is 12.9. The van der Waals surface area contributed by atoms with Crippen LogP contribution >= 0.6 is 23.1 Å². The standard InChI is InChI=1S/C15H16N6OS2/c1-2-6-16-13(5-1)14-17-11(9-23-14)10-24-15-18-19-20-21(15)8-12-4-3-7-22-12/h1-2,5-6,9,12H,3-4,7-8,10H2. The molecular weight excluding hydrogens is 344 g/mol. The lowest BCUT2D eigenvalue weighted by molar-refractivity contribution is 0.0912. The van der Waals surface area contributed by atoms with Crippen molar-refractivity contribution in [1.29, 1.82) is 0 Å². The van der Waals surface area contributed by atoms with Gasteiger partial charge in [0.05, 0.1) is 24.0 Å². The van der Waals surface area contributed by atoms with E-state index >= 15 is 0 Å². The largest absolute Gasteiger partial charge is 0.376 e. The van der Waals surface area contributed by atoms with Crippen LogP contribution in [0.25, 0.3) is 10.7 Å². The Morgan fingerprint density at radius 2 is 2.38 bits per heavy atom. The first-order valence-electron chi connectivity index (χ1n) is 7.75. The molecule has 0 aromatic carbocycles. The smallest absolute Gasteiger partial charge is 0.209 e. The Labute approximate surface area is 147 Å². The Kier molecular flexibility index (Phi) is 4.81. The highest BCUT2D eigenvalue weighted by molar-refractivity contribution is 7.98. The summed E-state index contributed by atoms with van der Waals surface area (Å²) in [6.07, 6.45) is 4.20. The van der Waals surface area contributed by atoms with Crippen molar-refractivity contribution in [2.75, 3.05) is 6.61 Å². The molecule has 1 fully saturated rings. The SMILES string of the molecule is c1ccc(-c2nc(CSc3nnnn3CC3CCCO3)cs2)nc1. The average molecular weight is 360 g/mol. The normalized spacial score (nSPS) is 17.4. The van der Waals surface area contributed by atoms with Crippen LogP contribution in [0.5, 0.6) is 0 Å². The van der Waals surface area contributed by atoms with Crippen LogP contribution in [0, 0.1) is 0 Å². The molecule has 1 saturated heterocycles. The molecule has 3 aromatic rings. The van der Waals surface area contributed by atoms with Gasteiger partial charge < -0.3 is 4.74 Å². The summed E-state index contributed by atoms with van der Waals surface area (Å²) in [7, 11) is 0. The van der Waals surface area contributed by atoms with Gasteiger partial charge >= 0.3 is 0 Å². The molecule has 7 nitrogen and oxygen atoms in total. The van der Waals surface area contributed by atoms with Crippen LogP contribution in [-0.2, 0) is 17.0 Å². The molecule has 0 spiro atoms. The van der Waals surface area contributed by atoms with Gasteiger partial charge in [0.25, 0.3) is 0 Å². The summed E-state index contributed by atoms with van der Waals surface area (Å²) >= 11 is 3.20. The predicted molar refractivity (Wildman–Crippen MR) is 91.7 cm³/mol. The van der Waals surface area contributed by atoms with Crippen molar-refractivity contribution < 1.29 is 4.74 Å². The molecule has 0 radical (unpaired) electrons. The van der Waals surface area contributed by atoms with Gasteiger partial charge in [0.15, 0.2) is 0 Å². The highest BCUT2D eigenvalue weighted by Gasteiger charge is 2.19. The summed E-state index contributed by atoms with van der Waals surface area (Å²) in [5, 5.41) is 15.8. The molecule has 0 amide bonds. The van der Waals surface area contributed by atoms with E-state index in [4.69, 9.17) is 4.74 Å². The molecule has 0 N–H and O–H groups in total. The first-order chi connectivity index (χ1) is 11.9. The van der Waals surface area contributed by atoms with Crippen LogP contribution in [0.1, 0.15) is 18.5 Å². The Balaban J connectivity index is 1.39. The van der Waals surface area contributed by atoms with Gasteiger partial charge in [0, 0.05) is 23.9 Å². The van der Waals surface area contributed by atoms with Crippen LogP contribution in [0.4, 0.5) is 0 Å². The molecule has 0 bridgehead atoms. The Hall–Kier alpha value is -1.84. The number of pyridine rings is 1. The maximum absolute atomic E-state index is 5.65. The molecule has 4 heterocycles. The number of hydrogen-bond donors (Lipinski definition) is 0. The van der Waals surface area contributed by atoms with E-state index in [1.807, 2.05) is 22.9 Å². The summed E-state index contributed by atoms with van der Waals surface area (Å²) in [6.45, 7) is 1.55. The lowest BCUT2D eigenvalue weighted by atomic mass is 10.2. The van der Waals surface area contributed by atoms with Gasteiger partial charge in [0.1, 0.15) is 5.01 Å². The molecule has 1 atom stereocenters. The Morgan fingerprint density at radius 1 is 1.38 bits per heavy atom. The summed E-state index contributed by atoms with van der Waals surface area (Å²) < 4.78 is 7.48. The summed E-state index contributed by atoms with van der Waals surface area (Å²) in [5.74, 6) is 0.731. The second kappa shape index (κ2) is 7.37. The molecule has 1 aliphatic rings. The molecule has 9 heteroatoms. The Bertz CT molecular complexity index is 784. The molecule has 1 unspecified atom stereocenters. The molecule has 4 rings (SSSR count). The number of tetrazole rings is 1. The van der Waals surface area contributed by atoms with E-state index in [1.54, 1.807) is 29.3 Å². The second-order valence-corrected chi connectivity index (χ2v) is 7.23. The first-order valence-corrected chi connectivity index (χ1v) is 9.61. The third-order valence-electron chi connectivity index (χ3n) is 3.68. The number of aromatic nitrogens is 6. The van der Waals surface area contributed by atoms with E-state index in [-0.39, 0.29) is 6.10 Å². The fraction of sp³-hybridized carbons (Fsp3) is 0.400. The number of rotatable bonds is 6. The number of ether oxygens (including phenoxy) is 1. The van der Waals surface area contributed by atoms with Crippen molar-refractivity contribution in [2.24, 2.45) is 0 Å². The molecule has 24 heavy (non-hydrogen) atoms. The van der Waals surface area contributed by atoms with Gasteiger partial charge in [-0.25, -0.2) is 9.67 Å². The lowest BCUT2D eigenvalue weighted by Gasteiger charge is -2.09. The molecule has 3 aromatic heterocycles. The number of thioether (sulfide) groups is 1. The van der Waals surface area contributed by atoms with Gasteiger partial charge in [-0.05, 0) is 35.4 Å². The second-order valence-electron chi connectivity index (χ2n) is 5.43. The van der Waals surface area contributed by atoms with Crippen LogP contribution in [0.3, 0.4) is 0 Å². The van der Waals surface area contributed by atoms with Gasteiger partial charge in [-0.1, -0.05) is 17.8 Å². The van der Waals surface area contributed by atoms with Gasteiger partial charge in [-0.3, -0.25) is 4.98 Å². The fourth-order valence-electron chi connectivity index (χ4n) is 2.51. The van der Waals surface area contributed by atoms with Crippen LogP contribution in [-0.4, -0.2) is 42.9 Å². The van der Waals surface area contributed by atoms with Crippen molar-refractivity contribution in [3.63, 3.8) is 0 Å². The molecule has 0 saturated carbocycles. The van der Waals surface area contributed by atoms with E-state index in [1.165, 1.54) is 0 Å². The third kappa shape index (κ3) is 3.63. The van der Waals surface area contributed by atoms with Crippen molar-refractivity contribution in [3.05, 3.63) is 35.5 Å². The van der Waals surface area contributed by atoms with E-state index in [9.17, 15) is 0 Å². The van der Waals surface area contributed by atoms with Crippen LogP contribution in [0.2, 0.25) is 0 Å². The number of thiazole rings is 1. The summed E-state index contributed by atoms with van der Waals surface area (Å²) in [4.78, 5) is 8.98. The highest BCUT2D eigenvalue weighted by atomic mass is 32.2. The molecule has 124 valence electrons. The minimum Gasteiger partial charge on any atom is -0.376 e. The molecular formula is C15H16N6OS2. The molecule has 1 aliphatic heterocycles. The summed E-state index contributed by atoms with van der Waals surface area (Å²) in [5.41, 5.74) is 1.92. The van der Waals surface area contributed by atoms with Crippen molar-refractivity contribution >= 4 is 23.1 Å². The maximum atomic E-state index is 5.65. The lowest BCUT2D eigenvalue weighted by Crippen LogP contribution is -2.16. The number of hydrogen-bond acceptors (Lipinski definition) is 8. The minimum atomic E-state index is 0.225. The zero-order valence-corrected chi connectivity index (χ0v) is 14.5. The maximum Gasteiger partial charge on any atom is 0.209 e. The highest BCUT2D eigenvalue weighted by Crippen LogP contribution is 2.26. The summed E-state index contributed by atoms with van der Waals surface area (Å²) in [6, 6.07) is 5.84. The van der Waals surface area contributed by atoms with Crippen molar-refractivity contribution in [3.8, 4) is 10.7 Å². The fourth-order valence-corrected chi connectivity index (χ4v) is 4.19.